The number of allylic oxidation sites excluding steroid dienone is 8. The first kappa shape index (κ1) is 106. The zero-order chi connectivity index (χ0) is 89.1. The maximum Gasteiger partial charge on any atom is 0.416 e. The van der Waals surface area contributed by atoms with Crippen molar-refractivity contribution >= 4 is 23.8 Å². The van der Waals surface area contributed by atoms with Crippen LogP contribution in [-0.4, -0.2) is 189 Å². The van der Waals surface area contributed by atoms with Crippen LogP contribution < -0.4 is 10.1 Å². The van der Waals surface area contributed by atoms with Crippen molar-refractivity contribution < 1.29 is 113 Å². The van der Waals surface area contributed by atoms with E-state index in [2.05, 4.69) is 30.4 Å². The number of aliphatic carboxylic acids is 1. The number of carboxylic acids is 1. The molecule has 0 saturated heterocycles. The van der Waals surface area contributed by atoms with E-state index < -0.39 is 91.0 Å². The highest BCUT2D eigenvalue weighted by Gasteiger charge is 2.43. The summed E-state index contributed by atoms with van der Waals surface area (Å²) >= 11 is 0. The summed E-state index contributed by atoms with van der Waals surface area (Å²) in [5.74, 6) is -2.17. The Morgan fingerprint density at radius 3 is 1.30 bits per heavy atom. The molecule has 0 unspecified atom stereocenters. The van der Waals surface area contributed by atoms with E-state index in [0.29, 0.717) is 122 Å². The maximum atomic E-state index is 12.8. The standard InChI is InChI=1S/C26H35F3O6.C26H40O5.C25H37NO4.C20H34O5/c1-17(2)35-25(33)11-6-4-3-5-10-21-22(24(32)15-23(21)31)13-12-19(30)16-34-20-9-7-8-18(14-20)26(27,28)29;1-19(2)31-26(30)13-9-4-3-8-12-22-23(25(29)18-24(22)28)17-16-21(27)15-14-20-10-6-5-7-11-20;1-2-26-25(30)13-9-4-3-8-12-21-22(24(29)18-23(21)28)17-16-20(27)15-14-19-10-6-5-7-11-19;1-2-3-6-9-15(21)12-13-17-16(18(22)14-19(17)23)10-7-4-5-8-11-20(24)25/h3,5,7-9,12-14,17,19,21-24,30-32H,4,6,10-11,15-16H2,1-2H3;3,5-8,10-11,19,21-25,27-29H,4,9,12-18H2,1-2H3;3,5-8,10-11,16-17,20-24,27-29H,2,4,9,12-15,18H2,1H3,(H,26,30);4,7,12-13,15-19,21-23H,2-3,5-6,8-11,14H2,1H3,(H,24,25)/b5-3-,13-12+;8-3-;8-3-,17-16+;7-4-,13-12+/t19-,21-,22-,23+,24-;21-,22+,23+,24-,25+;20-,21+,22+,23-,24+;15-,16+,17+,18-,19+/m1000/s1. The lowest BCUT2D eigenvalue weighted by Gasteiger charge is -2.23. The van der Waals surface area contributed by atoms with Gasteiger partial charge in [0, 0.05) is 69.2 Å². The Hall–Kier alpha value is -7.17. The Bertz CT molecular complexity index is 3510. The highest BCUT2D eigenvalue weighted by molar-refractivity contribution is 5.75. The third-order valence-corrected chi connectivity index (χ3v) is 22.6. The van der Waals surface area contributed by atoms with Crippen LogP contribution in [0.25, 0.3) is 0 Å². The highest BCUT2D eigenvalue weighted by Crippen LogP contribution is 2.41. The minimum absolute atomic E-state index is 0.00652. The number of halogens is 3. The van der Waals surface area contributed by atoms with Crippen molar-refractivity contribution in [2.75, 3.05) is 13.2 Å². The summed E-state index contributed by atoms with van der Waals surface area (Å²) in [5, 5.41) is 135. The Balaban J connectivity index is 0.000000341. The van der Waals surface area contributed by atoms with Crippen LogP contribution in [0.2, 0.25) is 0 Å². The van der Waals surface area contributed by atoms with Gasteiger partial charge in [-0.1, -0.05) is 178 Å². The predicted molar refractivity (Wildman–Crippen MR) is 465 cm³/mol. The van der Waals surface area contributed by atoms with Gasteiger partial charge in [0.05, 0.1) is 84.9 Å². The minimum Gasteiger partial charge on any atom is -0.491 e. The van der Waals surface area contributed by atoms with Gasteiger partial charge in [-0.3, -0.25) is 19.2 Å². The van der Waals surface area contributed by atoms with Gasteiger partial charge in [-0.15, -0.1) is 0 Å². The number of hydrogen-bond acceptors (Lipinski definition) is 19. The molecule has 20 atom stereocenters. The fraction of sp³-hybridized carbons (Fsp3) is 0.629. The van der Waals surface area contributed by atoms with Gasteiger partial charge in [-0.25, -0.2) is 0 Å². The second-order valence-corrected chi connectivity index (χ2v) is 33.3. The van der Waals surface area contributed by atoms with E-state index in [4.69, 9.17) is 19.3 Å². The maximum absolute atomic E-state index is 12.8. The number of carbonyl (C=O) groups is 4. The second kappa shape index (κ2) is 60.4. The van der Waals surface area contributed by atoms with E-state index in [1.54, 1.807) is 32.1 Å². The Labute approximate surface area is 717 Å². The summed E-state index contributed by atoms with van der Waals surface area (Å²) < 4.78 is 53.9. The number of nitrogens with one attached hydrogen (secondary N) is 1. The van der Waals surface area contributed by atoms with Crippen LogP contribution in [0.4, 0.5) is 13.2 Å². The summed E-state index contributed by atoms with van der Waals surface area (Å²) in [6.45, 7) is 11.7. The average molecular weight is 1700 g/mol. The summed E-state index contributed by atoms with van der Waals surface area (Å²) in [4.78, 5) is 45.0. The van der Waals surface area contributed by atoms with Crippen LogP contribution in [-0.2, 0) is 47.7 Å². The van der Waals surface area contributed by atoms with Crippen molar-refractivity contribution in [2.45, 2.75) is 326 Å². The molecule has 3 aromatic carbocycles. The lowest BCUT2D eigenvalue weighted by molar-refractivity contribution is -0.148. The summed E-state index contributed by atoms with van der Waals surface area (Å²) in [7, 11) is 0. The molecule has 121 heavy (non-hydrogen) atoms. The number of esters is 2. The summed E-state index contributed by atoms with van der Waals surface area (Å²) in [5.41, 5.74) is 1.57. The largest absolute Gasteiger partial charge is 0.491 e. The van der Waals surface area contributed by atoms with Crippen LogP contribution in [0.5, 0.6) is 5.75 Å². The van der Waals surface area contributed by atoms with Crippen LogP contribution in [0.1, 0.15) is 238 Å². The van der Waals surface area contributed by atoms with Crippen molar-refractivity contribution in [1.29, 1.82) is 0 Å². The number of ether oxygens (including phenoxy) is 3. The molecule has 4 aliphatic carbocycles. The number of alkyl halides is 3. The van der Waals surface area contributed by atoms with Crippen LogP contribution >= 0.6 is 0 Å². The normalized spacial score (nSPS) is 25.3. The molecule has 4 fully saturated rings. The van der Waals surface area contributed by atoms with Crippen LogP contribution in [0.3, 0.4) is 0 Å². The molecule has 24 heteroatoms. The molecule has 0 bridgehead atoms. The number of aliphatic hydroxyl groups excluding tert-OH is 12. The number of unbranched alkanes of at least 4 members (excludes halogenated alkanes) is 6. The fourth-order valence-electron chi connectivity index (χ4n) is 16.0. The van der Waals surface area contributed by atoms with Crippen molar-refractivity contribution in [3.63, 3.8) is 0 Å². The van der Waals surface area contributed by atoms with E-state index in [1.807, 2.05) is 124 Å². The zero-order valence-corrected chi connectivity index (χ0v) is 72.3. The molecule has 680 valence electrons. The molecular formula is C97H146F3NO20. The molecule has 0 aromatic heterocycles. The van der Waals surface area contributed by atoms with E-state index >= 15 is 0 Å². The molecule has 21 nitrogen and oxygen atoms in total. The first-order valence-corrected chi connectivity index (χ1v) is 44.4. The number of carboxylic acid groups (broad SMARTS) is 1. The fourth-order valence-corrected chi connectivity index (χ4v) is 16.0. The quantitative estimate of drug-likeness (QED) is 0.0142. The molecule has 4 saturated carbocycles. The lowest BCUT2D eigenvalue weighted by atomic mass is 9.85. The number of benzene rings is 3. The molecule has 4 aliphatic rings. The van der Waals surface area contributed by atoms with Gasteiger partial charge in [0.25, 0.3) is 0 Å². The lowest BCUT2D eigenvalue weighted by Crippen LogP contribution is -2.23. The Kier molecular flexibility index (Phi) is 53.0. The monoisotopic (exact) mass is 1700 g/mol. The van der Waals surface area contributed by atoms with Gasteiger partial charge in [0.2, 0.25) is 5.91 Å². The van der Waals surface area contributed by atoms with Crippen LogP contribution in [0, 0.1) is 47.3 Å². The molecule has 0 aliphatic heterocycles. The molecule has 7 rings (SSSR count). The first-order chi connectivity index (χ1) is 57.8. The van der Waals surface area contributed by atoms with Gasteiger partial charge in [-0.2, -0.15) is 13.2 Å². The number of aryl methyl sites for hydroxylation is 2. The molecular weight excluding hydrogens is 1560 g/mol. The number of carbonyl (C=O) groups excluding carboxylic acids is 3. The Morgan fingerprint density at radius 1 is 0.455 bits per heavy atom. The molecule has 1 amide bonds. The molecule has 0 spiro atoms. The van der Waals surface area contributed by atoms with Crippen molar-refractivity contribution in [2.24, 2.45) is 47.3 Å². The number of hydrogen-bond donors (Lipinski definition) is 14. The SMILES string of the molecule is CC(C)OC(=O)CCC/C=C\C[C@@H]1[C@@H](/C=C/[C@@H](O)COc2cccc(C(F)(F)F)c2)[C@H](O)C[C@@H]1O.CC(C)OC(=O)CCC/C=C\C[C@@H]1[C@@H](CC[C@@H](O)CCc2ccccc2)[C@H](O)C[C@@H]1O.CCCCC[C@H](O)/C=C/[C@@H]1[C@@H](C/C=C\CCCC(=O)O)[C@@H](O)C[C@H]1O.CCNC(=O)CCC/C=C\C[C@@H]1[C@@H](/C=C/[C@@H](O)CCc2ccccc2)[C@H](O)C[C@@H]1O. The number of amides is 1. The highest BCUT2D eigenvalue weighted by atomic mass is 19.4. The summed E-state index contributed by atoms with van der Waals surface area (Å²) in [6.07, 6.45) is 33.6. The predicted octanol–water partition coefficient (Wildman–Crippen LogP) is 14.8. The van der Waals surface area contributed by atoms with Gasteiger partial charge < -0.3 is 85.9 Å². The average Bonchev–Trinajstić information content (AvgIpc) is 1.73. The summed E-state index contributed by atoms with van der Waals surface area (Å²) in [6, 6.07) is 24.6. The minimum atomic E-state index is -4.49. The number of rotatable bonds is 49. The molecule has 0 radical (unpaired) electrons. The van der Waals surface area contributed by atoms with Crippen molar-refractivity contribution in [3.05, 3.63) is 187 Å². The van der Waals surface area contributed by atoms with Gasteiger partial charge in [0.1, 0.15) is 18.5 Å². The third-order valence-electron chi connectivity index (χ3n) is 22.6. The van der Waals surface area contributed by atoms with Crippen LogP contribution in [0.15, 0.2) is 170 Å². The van der Waals surface area contributed by atoms with Crippen molar-refractivity contribution in [1.82, 2.24) is 5.32 Å². The molecule has 14 N–H and O–H groups in total. The number of aliphatic hydroxyl groups is 12. The van der Waals surface area contributed by atoms with Gasteiger partial charge in [0.15, 0.2) is 0 Å². The van der Waals surface area contributed by atoms with E-state index in [9.17, 15) is 93.6 Å². The smallest absolute Gasteiger partial charge is 0.416 e. The van der Waals surface area contributed by atoms with E-state index in [1.165, 1.54) is 29.3 Å². The van der Waals surface area contributed by atoms with Gasteiger partial charge >= 0.3 is 24.1 Å². The van der Waals surface area contributed by atoms with E-state index in [-0.39, 0.29) is 103 Å². The molecule has 0 heterocycles. The first-order valence-electron chi connectivity index (χ1n) is 44.4. The van der Waals surface area contributed by atoms with Gasteiger partial charge in [-0.05, 0) is 222 Å². The van der Waals surface area contributed by atoms with Crippen molar-refractivity contribution in [3.8, 4) is 5.75 Å². The topological polar surface area (TPSA) is 371 Å². The zero-order valence-electron chi connectivity index (χ0n) is 72.3. The third kappa shape index (κ3) is 44.8. The second-order valence-electron chi connectivity index (χ2n) is 33.3. The van der Waals surface area contributed by atoms with E-state index in [0.717, 1.165) is 76.3 Å². The Morgan fingerprint density at radius 2 is 0.860 bits per heavy atom. The molecule has 3 aromatic rings.